The summed E-state index contributed by atoms with van der Waals surface area (Å²) in [5.74, 6) is -0.802. The average molecular weight is 584 g/mol. The van der Waals surface area contributed by atoms with Crippen molar-refractivity contribution in [2.75, 3.05) is 59.2 Å². The van der Waals surface area contributed by atoms with Gasteiger partial charge in [-0.25, -0.2) is 4.39 Å². The summed E-state index contributed by atoms with van der Waals surface area (Å²) in [6.07, 6.45) is -2.13. The molecule has 2 saturated heterocycles. The molecular weight excluding hydrogens is 546 g/mol. The topological polar surface area (TPSA) is 45.2 Å². The summed E-state index contributed by atoms with van der Waals surface area (Å²) in [5, 5.41) is 0. The molecule has 3 atom stereocenters. The first-order valence-corrected chi connectivity index (χ1v) is 14.7. The molecular formula is C29H37F4N3O3S. The monoisotopic (exact) mass is 583 g/mol. The van der Waals surface area contributed by atoms with Crippen molar-refractivity contribution in [1.29, 1.82) is 0 Å². The zero-order chi connectivity index (χ0) is 29.0. The van der Waals surface area contributed by atoms with Crippen molar-refractivity contribution in [3.05, 3.63) is 58.9 Å². The number of morpholine rings is 1. The number of methoxy groups -OCH3 is 1. The molecule has 1 amide bonds. The van der Waals surface area contributed by atoms with Crippen molar-refractivity contribution in [2.24, 2.45) is 0 Å². The van der Waals surface area contributed by atoms with Crippen LogP contribution in [-0.4, -0.2) is 98.0 Å². The summed E-state index contributed by atoms with van der Waals surface area (Å²) in [5.41, 5.74) is -0.0340. The number of carbonyl (C=O) groups is 1. The third-order valence-electron chi connectivity index (χ3n) is 7.46. The highest BCUT2D eigenvalue weighted by Gasteiger charge is 2.35. The molecule has 2 aromatic rings. The quantitative estimate of drug-likeness (QED) is 0.320. The number of ether oxygens (including phenoxy) is 2. The van der Waals surface area contributed by atoms with E-state index in [1.807, 2.05) is 0 Å². The molecule has 11 heteroatoms. The lowest BCUT2D eigenvalue weighted by atomic mass is 9.99. The standard InChI is InChI=1S/C29H37F4N3O3S/c1-19-16-35(17-20(2)39-19)8-7-34-9-10-36(24(18-34)11-21-5-6-26(30)27(12-21)38-3)28(37)22-13-23(29(31,32)33)15-25(14-22)40-4/h5-6,12-15,19-20,24H,7-11,16-18H2,1-4H3/t19-,20+,24-/m1/s1. The maximum Gasteiger partial charge on any atom is 0.416 e. The number of amides is 1. The van der Waals surface area contributed by atoms with Crippen molar-refractivity contribution in [3.8, 4) is 5.75 Å². The highest BCUT2D eigenvalue weighted by Crippen LogP contribution is 2.33. The van der Waals surface area contributed by atoms with Gasteiger partial charge in [-0.15, -0.1) is 11.8 Å². The zero-order valence-electron chi connectivity index (χ0n) is 23.3. The van der Waals surface area contributed by atoms with Crippen molar-refractivity contribution >= 4 is 17.7 Å². The number of benzene rings is 2. The number of alkyl halides is 3. The molecule has 2 aliphatic heterocycles. The Hall–Kier alpha value is -2.34. The predicted octanol–water partition coefficient (Wildman–Crippen LogP) is 5.05. The Balaban J connectivity index is 1.56. The fourth-order valence-corrected chi connectivity index (χ4v) is 6.08. The maximum absolute atomic E-state index is 14.1. The van der Waals surface area contributed by atoms with Crippen LogP contribution in [0.15, 0.2) is 41.3 Å². The number of hydrogen-bond acceptors (Lipinski definition) is 6. The number of thioether (sulfide) groups is 1. The third kappa shape index (κ3) is 7.69. The number of halogens is 4. The molecule has 2 fully saturated rings. The first-order chi connectivity index (χ1) is 19.0. The molecule has 0 aromatic heterocycles. The molecule has 0 spiro atoms. The van der Waals surface area contributed by atoms with Gasteiger partial charge in [0, 0.05) is 62.3 Å². The van der Waals surface area contributed by atoms with Gasteiger partial charge in [0.1, 0.15) is 0 Å². The molecule has 2 aliphatic rings. The van der Waals surface area contributed by atoms with E-state index in [2.05, 4.69) is 23.6 Å². The second-order valence-corrected chi connectivity index (χ2v) is 11.5. The highest BCUT2D eigenvalue weighted by atomic mass is 32.2. The number of hydrogen-bond donors (Lipinski definition) is 0. The van der Waals surface area contributed by atoms with Crippen molar-refractivity contribution < 1.29 is 31.8 Å². The van der Waals surface area contributed by atoms with Crippen LogP contribution in [0, 0.1) is 5.82 Å². The Bertz CT molecular complexity index is 1170. The molecule has 220 valence electrons. The van der Waals surface area contributed by atoms with Crippen LogP contribution in [0.25, 0.3) is 0 Å². The van der Waals surface area contributed by atoms with E-state index in [0.29, 0.717) is 31.0 Å². The van der Waals surface area contributed by atoms with Gasteiger partial charge in [0.25, 0.3) is 5.91 Å². The minimum atomic E-state index is -4.56. The zero-order valence-corrected chi connectivity index (χ0v) is 24.2. The smallest absolute Gasteiger partial charge is 0.416 e. The molecule has 0 radical (unpaired) electrons. The van der Waals surface area contributed by atoms with Gasteiger partial charge in [0.15, 0.2) is 11.6 Å². The van der Waals surface area contributed by atoms with Gasteiger partial charge < -0.3 is 14.4 Å². The van der Waals surface area contributed by atoms with E-state index in [4.69, 9.17) is 9.47 Å². The molecule has 40 heavy (non-hydrogen) atoms. The van der Waals surface area contributed by atoms with E-state index in [9.17, 15) is 22.4 Å². The van der Waals surface area contributed by atoms with Crippen molar-refractivity contribution in [1.82, 2.24) is 14.7 Å². The minimum absolute atomic E-state index is 0.0191. The summed E-state index contributed by atoms with van der Waals surface area (Å²) in [6, 6.07) is 7.82. The number of rotatable bonds is 8. The number of nitrogens with zero attached hydrogens (tertiary/aromatic N) is 3. The Morgan fingerprint density at radius 2 is 1.73 bits per heavy atom. The van der Waals surface area contributed by atoms with Gasteiger partial charge in [-0.3, -0.25) is 14.6 Å². The molecule has 4 rings (SSSR count). The van der Waals surface area contributed by atoms with Crippen LogP contribution in [-0.2, 0) is 17.3 Å². The largest absolute Gasteiger partial charge is 0.494 e. The predicted molar refractivity (Wildman–Crippen MR) is 148 cm³/mol. The first-order valence-electron chi connectivity index (χ1n) is 13.5. The fourth-order valence-electron chi connectivity index (χ4n) is 5.59. The first kappa shape index (κ1) is 30.6. The minimum Gasteiger partial charge on any atom is -0.494 e. The summed E-state index contributed by atoms with van der Waals surface area (Å²) in [4.78, 5) is 20.5. The summed E-state index contributed by atoms with van der Waals surface area (Å²) < 4.78 is 65.9. The van der Waals surface area contributed by atoms with Crippen LogP contribution in [0.4, 0.5) is 17.6 Å². The van der Waals surface area contributed by atoms with Crippen LogP contribution in [0.2, 0.25) is 0 Å². The van der Waals surface area contributed by atoms with E-state index < -0.39 is 23.5 Å². The van der Waals surface area contributed by atoms with E-state index >= 15 is 0 Å². The van der Waals surface area contributed by atoms with Crippen LogP contribution >= 0.6 is 11.8 Å². The van der Waals surface area contributed by atoms with Crippen molar-refractivity contribution in [2.45, 2.75) is 49.6 Å². The second-order valence-electron chi connectivity index (χ2n) is 10.6. The average Bonchev–Trinajstić information content (AvgIpc) is 2.91. The van der Waals surface area contributed by atoms with Gasteiger partial charge >= 0.3 is 6.18 Å². The molecule has 0 aliphatic carbocycles. The molecule has 0 unspecified atom stereocenters. The van der Waals surface area contributed by atoms with Crippen LogP contribution < -0.4 is 4.74 Å². The Morgan fingerprint density at radius 3 is 2.38 bits per heavy atom. The maximum atomic E-state index is 14.1. The molecule has 0 bridgehead atoms. The Labute approximate surface area is 237 Å². The lowest BCUT2D eigenvalue weighted by molar-refractivity contribution is -0.137. The van der Waals surface area contributed by atoms with Crippen LogP contribution in [0.1, 0.15) is 35.3 Å². The van der Waals surface area contributed by atoms with Gasteiger partial charge in [0.2, 0.25) is 0 Å². The molecule has 0 saturated carbocycles. The van der Waals surface area contributed by atoms with E-state index in [1.54, 1.807) is 23.3 Å². The van der Waals surface area contributed by atoms with E-state index in [-0.39, 0.29) is 29.6 Å². The highest BCUT2D eigenvalue weighted by molar-refractivity contribution is 7.98. The lowest BCUT2D eigenvalue weighted by Gasteiger charge is -2.43. The molecule has 6 nitrogen and oxygen atoms in total. The second kappa shape index (κ2) is 13.1. The molecule has 2 aromatic carbocycles. The SMILES string of the molecule is COc1cc(C[C@@H]2CN(CCN3C[C@@H](C)O[C@@H](C)C3)CCN2C(=O)c2cc(SC)cc(C(F)(F)F)c2)ccc1F. The third-order valence-corrected chi connectivity index (χ3v) is 8.17. The molecule has 0 N–H and O–H groups in total. The van der Waals surface area contributed by atoms with Crippen molar-refractivity contribution in [3.63, 3.8) is 0 Å². The normalized spacial score (nSPS) is 22.9. The Morgan fingerprint density at radius 1 is 1.02 bits per heavy atom. The summed E-state index contributed by atoms with van der Waals surface area (Å²) in [7, 11) is 1.39. The fraction of sp³-hybridized carbons (Fsp3) is 0.552. The lowest BCUT2D eigenvalue weighted by Crippen LogP contribution is -2.57. The number of carbonyl (C=O) groups excluding carboxylic acids is 1. The number of piperazine rings is 1. The van der Waals surface area contributed by atoms with Gasteiger partial charge in [0.05, 0.1) is 24.9 Å². The summed E-state index contributed by atoms with van der Waals surface area (Å²) >= 11 is 1.16. The van der Waals surface area contributed by atoms with Crippen LogP contribution in [0.3, 0.4) is 0 Å². The summed E-state index contributed by atoms with van der Waals surface area (Å²) in [6.45, 7) is 9.03. The van der Waals surface area contributed by atoms with Gasteiger partial charge in [-0.05, 0) is 62.4 Å². The van der Waals surface area contributed by atoms with Crippen LogP contribution in [0.5, 0.6) is 5.75 Å². The van der Waals surface area contributed by atoms with Gasteiger partial charge in [-0.1, -0.05) is 6.07 Å². The Kier molecular flexibility index (Phi) is 10.0. The van der Waals surface area contributed by atoms with E-state index in [0.717, 1.165) is 55.6 Å². The molecule has 2 heterocycles. The van der Waals surface area contributed by atoms with Gasteiger partial charge in [-0.2, -0.15) is 13.2 Å². The van der Waals surface area contributed by atoms with E-state index in [1.165, 1.54) is 19.2 Å².